The van der Waals surface area contributed by atoms with Crippen LogP contribution < -0.4 is 0 Å². The smallest absolute Gasteiger partial charge is 0.132 e. The van der Waals surface area contributed by atoms with Gasteiger partial charge in [0, 0.05) is 25.2 Å². The Morgan fingerprint density at radius 1 is 0.528 bits per heavy atom. The van der Waals surface area contributed by atoms with Gasteiger partial charge < -0.3 is 19.2 Å². The van der Waals surface area contributed by atoms with Crippen LogP contribution in [0.1, 0.15) is 165 Å². The van der Waals surface area contributed by atoms with Crippen molar-refractivity contribution in [3.05, 3.63) is 0 Å². The van der Waals surface area contributed by atoms with Crippen LogP contribution in [0.15, 0.2) is 0 Å². The van der Waals surface area contributed by atoms with Gasteiger partial charge in [0.05, 0.1) is 0 Å². The molecule has 0 aromatic heterocycles. The zero-order valence-electron chi connectivity index (χ0n) is 25.4. The first-order valence-corrected chi connectivity index (χ1v) is 14.3. The molecule has 1 fully saturated rings. The highest BCUT2D eigenvalue weighted by molar-refractivity contribution is 5.78. The van der Waals surface area contributed by atoms with Gasteiger partial charge in [-0.25, -0.2) is 0 Å². The largest absolute Gasteiger partial charge is 0.300 e. The summed E-state index contributed by atoms with van der Waals surface area (Å²) in [5.41, 5.74) is 0. The lowest BCUT2D eigenvalue weighted by Crippen LogP contribution is -2.13. The predicted octanol–water partition coefficient (Wildman–Crippen LogP) is 8.83. The number of unbranched alkanes of at least 4 members (excludes halogenated alkanes) is 6. The highest BCUT2D eigenvalue weighted by Gasteiger charge is 2.16. The minimum absolute atomic E-state index is 0.167. The molecule has 214 valence electrons. The van der Waals surface area contributed by atoms with Gasteiger partial charge in [-0.1, -0.05) is 78.6 Å². The van der Waals surface area contributed by atoms with E-state index in [-0.39, 0.29) is 11.6 Å². The van der Waals surface area contributed by atoms with Crippen molar-refractivity contribution in [2.24, 2.45) is 5.92 Å². The molecule has 0 radical (unpaired) electrons. The van der Waals surface area contributed by atoms with E-state index in [1.165, 1.54) is 71.6 Å². The lowest BCUT2D eigenvalue weighted by molar-refractivity contribution is -0.121. The van der Waals surface area contributed by atoms with Crippen LogP contribution in [0.3, 0.4) is 0 Å². The molecule has 5 nitrogen and oxygen atoms in total. The van der Waals surface area contributed by atoms with Crippen LogP contribution in [-0.2, 0) is 24.0 Å². The summed E-state index contributed by atoms with van der Waals surface area (Å²) in [6.45, 7) is 15.9. The third-order valence-electron chi connectivity index (χ3n) is 5.44. The number of hydrogen-bond acceptors (Lipinski definition) is 5. The van der Waals surface area contributed by atoms with Crippen molar-refractivity contribution in [2.45, 2.75) is 165 Å². The third kappa shape index (κ3) is 53.6. The number of rotatable bonds is 12. The van der Waals surface area contributed by atoms with E-state index >= 15 is 0 Å². The normalized spacial score (nSPS) is 12.0. The SMILES string of the molecule is CC(=O)C1CCCCC1.CC(C)=O.CCC(C)=O.CCCCCC(C)=O.CCCCCCCC(C)=O. The summed E-state index contributed by atoms with van der Waals surface area (Å²) in [5, 5.41) is 0. The Bertz CT molecular complexity index is 541. The number of Topliss-reactive ketones (excluding diaryl/α,β-unsaturated/α-hetero) is 5. The lowest BCUT2D eigenvalue weighted by Gasteiger charge is -2.17. The number of carbonyl (C=O) groups excluding carboxylic acids is 5. The Morgan fingerprint density at radius 2 is 0.861 bits per heavy atom. The minimum Gasteiger partial charge on any atom is -0.300 e. The van der Waals surface area contributed by atoms with Crippen molar-refractivity contribution in [1.29, 1.82) is 0 Å². The Labute approximate surface area is 224 Å². The van der Waals surface area contributed by atoms with Gasteiger partial charge in [0.2, 0.25) is 0 Å². The van der Waals surface area contributed by atoms with E-state index in [0.29, 0.717) is 29.7 Å². The van der Waals surface area contributed by atoms with Gasteiger partial charge in [0.25, 0.3) is 0 Å². The third-order valence-corrected chi connectivity index (χ3v) is 5.44. The van der Waals surface area contributed by atoms with E-state index < -0.39 is 0 Å². The Morgan fingerprint density at radius 3 is 1.14 bits per heavy atom. The Balaban J connectivity index is -0.000000184. The molecule has 1 aliphatic rings. The van der Waals surface area contributed by atoms with Gasteiger partial charge in [-0.15, -0.1) is 0 Å². The van der Waals surface area contributed by atoms with Crippen molar-refractivity contribution >= 4 is 28.9 Å². The highest BCUT2D eigenvalue weighted by Crippen LogP contribution is 2.23. The number of ketones is 5. The second kappa shape index (κ2) is 33.4. The van der Waals surface area contributed by atoms with Crippen LogP contribution in [0.5, 0.6) is 0 Å². The summed E-state index contributed by atoms with van der Waals surface area (Å²) in [6, 6.07) is 0. The van der Waals surface area contributed by atoms with Gasteiger partial charge in [-0.05, 0) is 67.2 Å². The van der Waals surface area contributed by atoms with Crippen LogP contribution in [-0.4, -0.2) is 28.9 Å². The van der Waals surface area contributed by atoms with Crippen LogP contribution in [0.4, 0.5) is 0 Å². The topological polar surface area (TPSA) is 85.3 Å². The minimum atomic E-state index is 0.167. The van der Waals surface area contributed by atoms with Crippen LogP contribution in [0, 0.1) is 5.92 Å². The molecule has 0 N–H and O–H groups in total. The summed E-state index contributed by atoms with van der Waals surface area (Å²) >= 11 is 0. The first kappa shape index (κ1) is 41.5. The molecule has 0 amide bonds. The molecule has 0 aromatic rings. The summed E-state index contributed by atoms with van der Waals surface area (Å²) in [4.78, 5) is 50.9. The maximum atomic E-state index is 10.8. The molecule has 0 bridgehead atoms. The molecule has 1 aliphatic carbocycles. The van der Waals surface area contributed by atoms with Gasteiger partial charge in [-0.2, -0.15) is 0 Å². The van der Waals surface area contributed by atoms with Crippen molar-refractivity contribution in [1.82, 2.24) is 0 Å². The van der Waals surface area contributed by atoms with E-state index in [1.54, 1.807) is 27.7 Å². The first-order chi connectivity index (χ1) is 16.8. The maximum Gasteiger partial charge on any atom is 0.132 e. The Hall–Kier alpha value is -1.65. The van der Waals surface area contributed by atoms with Crippen molar-refractivity contribution < 1.29 is 24.0 Å². The van der Waals surface area contributed by atoms with Crippen molar-refractivity contribution in [2.75, 3.05) is 0 Å². The summed E-state index contributed by atoms with van der Waals surface area (Å²) in [6.07, 6.45) is 18.1. The molecule has 1 saturated carbocycles. The Kier molecular flexibility index (Phi) is 38.4. The van der Waals surface area contributed by atoms with Crippen LogP contribution >= 0.6 is 0 Å². The molecular formula is C31H60O5. The lowest BCUT2D eigenvalue weighted by atomic mass is 9.87. The zero-order valence-corrected chi connectivity index (χ0v) is 25.4. The van der Waals surface area contributed by atoms with Gasteiger partial charge in [0.1, 0.15) is 28.9 Å². The fourth-order valence-electron chi connectivity index (χ4n) is 3.11. The molecule has 0 aromatic carbocycles. The standard InChI is InChI=1S/C9H18O.C8H14O.C7H14O.C4H8O.C3H6O/c1-3-4-5-6-7-8-9(2)10;1-7(9)8-5-3-2-4-6-8;1-3-4-5-6-7(2)8;1-3-4(2)5;1-3(2)4/h3-8H2,1-2H3;8H,2-6H2,1H3;3-6H2,1-2H3;3H2,1-2H3;1-2H3. The van der Waals surface area contributed by atoms with E-state index in [0.717, 1.165) is 38.5 Å². The quantitative estimate of drug-likeness (QED) is 0.244. The molecule has 0 unspecified atom stereocenters. The fraction of sp³-hybridized carbons (Fsp3) is 0.839. The number of carbonyl (C=O) groups is 5. The second-order valence-electron chi connectivity index (χ2n) is 9.93. The van der Waals surface area contributed by atoms with E-state index in [4.69, 9.17) is 0 Å². The van der Waals surface area contributed by atoms with Gasteiger partial charge in [0.15, 0.2) is 0 Å². The molecule has 0 spiro atoms. The van der Waals surface area contributed by atoms with Crippen LogP contribution in [0.2, 0.25) is 0 Å². The zero-order chi connectivity index (χ0) is 28.8. The van der Waals surface area contributed by atoms with E-state index in [2.05, 4.69) is 13.8 Å². The first-order valence-electron chi connectivity index (χ1n) is 14.3. The van der Waals surface area contributed by atoms with Crippen molar-refractivity contribution in [3.8, 4) is 0 Å². The summed E-state index contributed by atoms with van der Waals surface area (Å²) in [7, 11) is 0. The molecule has 0 atom stereocenters. The molecule has 0 saturated heterocycles. The van der Waals surface area contributed by atoms with Crippen LogP contribution in [0.25, 0.3) is 0 Å². The fourth-order valence-corrected chi connectivity index (χ4v) is 3.11. The summed E-state index contributed by atoms with van der Waals surface area (Å²) < 4.78 is 0. The second-order valence-corrected chi connectivity index (χ2v) is 9.93. The highest BCUT2D eigenvalue weighted by atomic mass is 16.1. The molecular weight excluding hydrogens is 452 g/mol. The predicted molar refractivity (Wildman–Crippen MR) is 153 cm³/mol. The van der Waals surface area contributed by atoms with Gasteiger partial charge in [-0.3, -0.25) is 4.79 Å². The monoisotopic (exact) mass is 512 g/mol. The van der Waals surface area contributed by atoms with E-state index in [1.807, 2.05) is 6.92 Å². The molecule has 0 aliphatic heterocycles. The van der Waals surface area contributed by atoms with E-state index in [9.17, 15) is 24.0 Å². The molecule has 0 heterocycles. The molecule has 5 heteroatoms. The van der Waals surface area contributed by atoms with Crippen molar-refractivity contribution in [3.63, 3.8) is 0 Å². The molecule has 1 rings (SSSR count). The summed E-state index contributed by atoms with van der Waals surface area (Å²) in [5.74, 6) is 1.88. The van der Waals surface area contributed by atoms with Gasteiger partial charge >= 0.3 is 0 Å². The maximum absolute atomic E-state index is 10.8. The number of hydrogen-bond donors (Lipinski definition) is 0. The average Bonchev–Trinajstić information content (AvgIpc) is 2.80. The average molecular weight is 513 g/mol. The molecule has 36 heavy (non-hydrogen) atoms.